The number of hydrogen-bond donors (Lipinski definition) is 0. The summed E-state index contributed by atoms with van der Waals surface area (Å²) in [5.41, 5.74) is 3.20. The number of rotatable bonds is 5. The van der Waals surface area contributed by atoms with Gasteiger partial charge in [-0.05, 0) is 61.2 Å². The Kier molecular flexibility index (Phi) is 5.21. The maximum atomic E-state index is 12.1. The number of carbonyl (C=O) groups is 1. The smallest absolute Gasteiger partial charge is 0.363 e. The summed E-state index contributed by atoms with van der Waals surface area (Å²) in [6.45, 7) is 8.24. The summed E-state index contributed by atoms with van der Waals surface area (Å²) in [4.78, 5) is 16.5. The molecule has 0 aliphatic carbocycles. The molecule has 2 aromatic rings. The second kappa shape index (κ2) is 7.56. The van der Waals surface area contributed by atoms with Gasteiger partial charge in [-0.15, -0.1) is 0 Å². The van der Waals surface area contributed by atoms with Crippen LogP contribution in [-0.2, 0) is 9.53 Å². The van der Waals surface area contributed by atoms with Gasteiger partial charge in [0.15, 0.2) is 5.70 Å². The van der Waals surface area contributed by atoms with Crippen LogP contribution in [0.2, 0.25) is 0 Å². The predicted octanol–water partition coefficient (Wildman–Crippen LogP) is 4.94. The molecule has 0 amide bonds. The van der Waals surface area contributed by atoms with E-state index < -0.39 is 5.97 Å². The summed E-state index contributed by atoms with van der Waals surface area (Å²) in [5.74, 6) is 1.16. The maximum Gasteiger partial charge on any atom is 0.363 e. The number of benzene rings is 2. The van der Waals surface area contributed by atoms with Gasteiger partial charge in [0.2, 0.25) is 5.90 Å². The van der Waals surface area contributed by atoms with Crippen molar-refractivity contribution in [2.75, 3.05) is 0 Å². The minimum atomic E-state index is -0.435. The molecule has 0 aromatic heterocycles. The van der Waals surface area contributed by atoms with Gasteiger partial charge in [0.1, 0.15) is 5.75 Å². The minimum Gasteiger partial charge on any atom is -0.491 e. The number of aliphatic imine (C=N–C) groups is 1. The van der Waals surface area contributed by atoms with Gasteiger partial charge in [0, 0.05) is 5.56 Å². The van der Waals surface area contributed by atoms with Crippen LogP contribution in [0.15, 0.2) is 59.2 Å². The van der Waals surface area contributed by atoms with E-state index in [1.165, 1.54) is 5.56 Å². The Bertz CT molecular complexity index is 844. The first-order chi connectivity index (χ1) is 12.4. The molecule has 0 atom stereocenters. The van der Waals surface area contributed by atoms with Crippen LogP contribution in [0.1, 0.15) is 50.3 Å². The molecule has 0 bridgehead atoms. The number of cyclic esters (lactones) is 1. The van der Waals surface area contributed by atoms with E-state index in [2.05, 4.69) is 18.8 Å². The zero-order valence-electron chi connectivity index (χ0n) is 15.5. The second-order valence-corrected chi connectivity index (χ2v) is 6.85. The number of nitrogens with zero attached hydrogens (tertiary/aromatic N) is 1. The summed E-state index contributed by atoms with van der Waals surface area (Å²) in [6.07, 6.45) is 1.84. The Labute approximate surface area is 154 Å². The van der Waals surface area contributed by atoms with E-state index in [9.17, 15) is 4.79 Å². The highest BCUT2D eigenvalue weighted by Crippen LogP contribution is 2.22. The fraction of sp³-hybridized carbons (Fsp3) is 0.273. The monoisotopic (exact) mass is 349 g/mol. The van der Waals surface area contributed by atoms with Crippen LogP contribution >= 0.6 is 0 Å². The highest BCUT2D eigenvalue weighted by atomic mass is 16.6. The van der Waals surface area contributed by atoms with Crippen molar-refractivity contribution in [3.8, 4) is 5.75 Å². The molecule has 3 rings (SSSR count). The molecule has 0 unspecified atom stereocenters. The molecule has 0 spiro atoms. The Morgan fingerprint density at radius 1 is 0.962 bits per heavy atom. The van der Waals surface area contributed by atoms with Crippen LogP contribution in [0.25, 0.3) is 6.08 Å². The second-order valence-electron chi connectivity index (χ2n) is 6.85. The Morgan fingerprint density at radius 3 is 2.19 bits per heavy atom. The molecule has 0 saturated carbocycles. The molecule has 0 N–H and O–H groups in total. The maximum absolute atomic E-state index is 12.1. The Balaban J connectivity index is 1.79. The van der Waals surface area contributed by atoms with Gasteiger partial charge in [0.05, 0.1) is 6.10 Å². The lowest BCUT2D eigenvalue weighted by atomic mass is 10.0. The summed E-state index contributed by atoms with van der Waals surface area (Å²) in [7, 11) is 0. The molecule has 4 nitrogen and oxygen atoms in total. The fourth-order valence-electron chi connectivity index (χ4n) is 2.62. The number of esters is 1. The first kappa shape index (κ1) is 17.9. The third kappa shape index (κ3) is 4.20. The van der Waals surface area contributed by atoms with Crippen LogP contribution in [0.3, 0.4) is 0 Å². The quantitative estimate of drug-likeness (QED) is 0.567. The van der Waals surface area contributed by atoms with Crippen molar-refractivity contribution >= 4 is 17.9 Å². The average Bonchev–Trinajstić information content (AvgIpc) is 2.97. The van der Waals surface area contributed by atoms with Gasteiger partial charge in [-0.3, -0.25) is 0 Å². The van der Waals surface area contributed by atoms with Gasteiger partial charge in [0.25, 0.3) is 0 Å². The molecule has 134 valence electrons. The predicted molar refractivity (Wildman–Crippen MR) is 103 cm³/mol. The first-order valence-electron chi connectivity index (χ1n) is 8.82. The molecule has 2 aromatic carbocycles. The number of hydrogen-bond acceptors (Lipinski definition) is 4. The van der Waals surface area contributed by atoms with E-state index in [1.54, 1.807) is 6.08 Å². The first-order valence-corrected chi connectivity index (χ1v) is 8.82. The van der Waals surface area contributed by atoms with Crippen LogP contribution < -0.4 is 4.74 Å². The molecular formula is C22H23NO3. The number of ether oxygens (including phenoxy) is 2. The summed E-state index contributed by atoms with van der Waals surface area (Å²) >= 11 is 0. The van der Waals surface area contributed by atoms with E-state index in [1.807, 2.05) is 62.4 Å². The molecule has 0 fully saturated rings. The minimum absolute atomic E-state index is 0.123. The summed E-state index contributed by atoms with van der Waals surface area (Å²) < 4.78 is 10.9. The highest BCUT2D eigenvalue weighted by Gasteiger charge is 2.24. The van der Waals surface area contributed by atoms with Crippen molar-refractivity contribution in [3.63, 3.8) is 0 Å². The molecule has 0 radical (unpaired) electrons. The standard InChI is InChI=1S/C22H23NO3/c1-14(2)17-7-9-18(10-8-17)21-23-20(22(24)26-21)13-16-5-11-19(12-6-16)25-15(3)4/h5-15H,1-4H3/b20-13-. The van der Waals surface area contributed by atoms with E-state index in [-0.39, 0.29) is 6.10 Å². The SMILES string of the molecule is CC(C)Oc1ccc(/C=C2\N=C(c3ccc(C(C)C)cc3)OC2=O)cc1. The van der Waals surface area contributed by atoms with E-state index in [0.717, 1.165) is 16.9 Å². The average molecular weight is 349 g/mol. The molecule has 1 aliphatic heterocycles. The normalized spacial score (nSPS) is 15.5. The van der Waals surface area contributed by atoms with Gasteiger partial charge in [-0.2, -0.15) is 0 Å². The lowest BCUT2D eigenvalue weighted by molar-refractivity contribution is -0.129. The Morgan fingerprint density at radius 2 is 1.62 bits per heavy atom. The molecule has 26 heavy (non-hydrogen) atoms. The fourth-order valence-corrected chi connectivity index (χ4v) is 2.62. The van der Waals surface area contributed by atoms with Gasteiger partial charge >= 0.3 is 5.97 Å². The highest BCUT2D eigenvalue weighted by molar-refractivity contribution is 6.12. The van der Waals surface area contributed by atoms with Crippen molar-refractivity contribution in [2.45, 2.75) is 39.7 Å². The zero-order chi connectivity index (χ0) is 18.7. The van der Waals surface area contributed by atoms with E-state index in [4.69, 9.17) is 9.47 Å². The third-order valence-electron chi connectivity index (χ3n) is 4.00. The van der Waals surface area contributed by atoms with Crippen LogP contribution in [0.4, 0.5) is 0 Å². The third-order valence-corrected chi connectivity index (χ3v) is 4.00. The zero-order valence-corrected chi connectivity index (χ0v) is 15.5. The van der Waals surface area contributed by atoms with Crippen molar-refractivity contribution in [1.82, 2.24) is 0 Å². The van der Waals surface area contributed by atoms with Crippen molar-refractivity contribution in [3.05, 3.63) is 70.9 Å². The van der Waals surface area contributed by atoms with E-state index in [0.29, 0.717) is 17.5 Å². The van der Waals surface area contributed by atoms with Crippen molar-refractivity contribution in [2.24, 2.45) is 4.99 Å². The molecule has 1 aliphatic rings. The van der Waals surface area contributed by atoms with E-state index >= 15 is 0 Å². The van der Waals surface area contributed by atoms with Gasteiger partial charge < -0.3 is 9.47 Å². The molecule has 4 heteroatoms. The molecule has 0 saturated heterocycles. The summed E-state index contributed by atoms with van der Waals surface area (Å²) in [6, 6.07) is 15.5. The van der Waals surface area contributed by atoms with Crippen LogP contribution in [0, 0.1) is 0 Å². The largest absolute Gasteiger partial charge is 0.491 e. The summed E-state index contributed by atoms with van der Waals surface area (Å²) in [5, 5.41) is 0. The van der Waals surface area contributed by atoms with Crippen LogP contribution in [0.5, 0.6) is 5.75 Å². The van der Waals surface area contributed by atoms with Crippen molar-refractivity contribution < 1.29 is 14.3 Å². The van der Waals surface area contributed by atoms with Gasteiger partial charge in [-0.25, -0.2) is 9.79 Å². The lowest BCUT2D eigenvalue weighted by Crippen LogP contribution is -2.05. The van der Waals surface area contributed by atoms with Crippen molar-refractivity contribution in [1.29, 1.82) is 0 Å². The topological polar surface area (TPSA) is 47.9 Å². The Hall–Kier alpha value is -2.88. The lowest BCUT2D eigenvalue weighted by Gasteiger charge is -2.09. The van der Waals surface area contributed by atoms with Crippen LogP contribution in [-0.4, -0.2) is 18.0 Å². The molecular weight excluding hydrogens is 326 g/mol. The molecule has 1 heterocycles. The van der Waals surface area contributed by atoms with Gasteiger partial charge in [-0.1, -0.05) is 38.1 Å². The number of carbonyl (C=O) groups excluding carboxylic acids is 1.